The zero-order valence-corrected chi connectivity index (χ0v) is 18.0. The molecule has 0 radical (unpaired) electrons. The van der Waals surface area contributed by atoms with Gasteiger partial charge < -0.3 is 4.74 Å². The van der Waals surface area contributed by atoms with Crippen LogP contribution in [0, 0.1) is 5.82 Å². The Morgan fingerprint density at radius 2 is 2.10 bits per heavy atom. The number of urea groups is 1. The highest BCUT2D eigenvalue weighted by Gasteiger charge is 2.48. The minimum absolute atomic E-state index is 0.0526. The number of ether oxygens (including phenoxy) is 1. The Kier molecular flexibility index (Phi) is 5.92. The van der Waals surface area contributed by atoms with E-state index in [0.717, 1.165) is 18.8 Å². The van der Waals surface area contributed by atoms with E-state index in [1.165, 1.54) is 17.7 Å². The third-order valence-corrected chi connectivity index (χ3v) is 5.91. The monoisotopic (exact) mass is 421 g/mol. The van der Waals surface area contributed by atoms with E-state index in [-0.39, 0.29) is 24.0 Å². The number of carbonyl (C=O) groups is 1. The average molecular weight is 422 g/mol. The Balaban J connectivity index is 1.54. The van der Waals surface area contributed by atoms with Crippen molar-refractivity contribution in [2.75, 3.05) is 11.4 Å². The van der Waals surface area contributed by atoms with Gasteiger partial charge in [0, 0.05) is 31.0 Å². The molecule has 2 atom stereocenters. The van der Waals surface area contributed by atoms with E-state index in [0.29, 0.717) is 18.5 Å². The summed E-state index contributed by atoms with van der Waals surface area (Å²) < 4.78 is 19.7. The van der Waals surface area contributed by atoms with Crippen molar-refractivity contribution in [1.82, 2.24) is 4.90 Å². The first kappa shape index (κ1) is 21.2. The number of nitrogens with zero attached hydrogens (tertiary/aromatic N) is 3. The van der Waals surface area contributed by atoms with Crippen LogP contribution in [0.2, 0.25) is 0 Å². The van der Waals surface area contributed by atoms with Crippen LogP contribution in [0.15, 0.2) is 66.2 Å². The fourth-order valence-corrected chi connectivity index (χ4v) is 4.53. The highest BCUT2D eigenvalue weighted by molar-refractivity contribution is 6.08. The minimum atomic E-state index is -0.567. The standard InChI is InChI=1S/C25H28FN3O2/c1-4-21-15-25(17-27-24(30)29(25)22-9-6-8-20(26)14-22)11-12-28(21)16-19-7-5-10-23(13-19)31-18(2)3/h4-10,13-14,17-18,21H,1,11-12,15-16H2,2-3H3. The number of hydrogen-bond donors (Lipinski definition) is 0. The molecular formula is C25H28FN3O2. The zero-order valence-electron chi connectivity index (χ0n) is 18.0. The lowest BCUT2D eigenvalue weighted by Gasteiger charge is -2.46. The van der Waals surface area contributed by atoms with Gasteiger partial charge in [-0.1, -0.05) is 24.3 Å². The minimum Gasteiger partial charge on any atom is -0.491 e. The molecule has 1 saturated heterocycles. The van der Waals surface area contributed by atoms with Crippen LogP contribution in [0.4, 0.5) is 14.9 Å². The number of halogens is 1. The number of rotatable bonds is 6. The van der Waals surface area contributed by atoms with E-state index in [9.17, 15) is 9.18 Å². The maximum atomic E-state index is 13.8. The molecule has 5 nitrogen and oxygen atoms in total. The van der Waals surface area contributed by atoms with Gasteiger partial charge in [0.15, 0.2) is 0 Å². The molecule has 2 aromatic carbocycles. The van der Waals surface area contributed by atoms with Crippen LogP contribution in [0.25, 0.3) is 0 Å². The highest BCUT2D eigenvalue weighted by Crippen LogP contribution is 2.39. The number of anilines is 1. The van der Waals surface area contributed by atoms with E-state index in [2.05, 4.69) is 28.6 Å². The average Bonchev–Trinajstić information content (AvgIpc) is 3.05. The summed E-state index contributed by atoms with van der Waals surface area (Å²) in [5, 5.41) is 0. The first-order valence-electron chi connectivity index (χ1n) is 10.7. The predicted molar refractivity (Wildman–Crippen MR) is 121 cm³/mol. The van der Waals surface area contributed by atoms with E-state index in [4.69, 9.17) is 4.74 Å². The third-order valence-electron chi connectivity index (χ3n) is 5.91. The molecule has 2 unspecified atom stereocenters. The van der Waals surface area contributed by atoms with Gasteiger partial charge in [-0.15, -0.1) is 6.58 Å². The first-order chi connectivity index (χ1) is 14.9. The molecule has 162 valence electrons. The summed E-state index contributed by atoms with van der Waals surface area (Å²) in [5.74, 6) is 0.496. The number of benzene rings is 2. The Labute approximate surface area is 182 Å². The second-order valence-electron chi connectivity index (χ2n) is 8.50. The quantitative estimate of drug-likeness (QED) is 0.601. The van der Waals surface area contributed by atoms with Gasteiger partial charge in [-0.25, -0.2) is 14.2 Å². The van der Waals surface area contributed by atoms with Gasteiger partial charge in [0.25, 0.3) is 0 Å². The van der Waals surface area contributed by atoms with Crippen LogP contribution in [-0.2, 0) is 6.54 Å². The SMILES string of the molecule is C=CC1CC2(C=NC(=O)N2c2cccc(F)c2)CCN1Cc1cccc(OC(C)C)c1. The number of likely N-dealkylation sites (tertiary alicyclic amines) is 1. The van der Waals surface area contributed by atoms with Gasteiger partial charge in [0.1, 0.15) is 11.6 Å². The first-order valence-corrected chi connectivity index (χ1v) is 10.7. The smallest absolute Gasteiger partial charge is 0.348 e. The molecule has 4 rings (SSSR count). The van der Waals surface area contributed by atoms with Gasteiger partial charge >= 0.3 is 6.03 Å². The van der Waals surface area contributed by atoms with Crippen LogP contribution >= 0.6 is 0 Å². The number of hydrogen-bond acceptors (Lipinski definition) is 3. The van der Waals surface area contributed by atoms with Crippen LogP contribution in [0.3, 0.4) is 0 Å². The molecule has 2 heterocycles. The van der Waals surface area contributed by atoms with Crippen molar-refractivity contribution in [3.05, 3.63) is 72.6 Å². The Morgan fingerprint density at radius 3 is 2.84 bits per heavy atom. The van der Waals surface area contributed by atoms with Gasteiger partial charge in [0.2, 0.25) is 0 Å². The normalized spacial score (nSPS) is 23.7. The largest absolute Gasteiger partial charge is 0.491 e. The second-order valence-corrected chi connectivity index (χ2v) is 8.50. The fraction of sp³-hybridized carbons (Fsp3) is 0.360. The van der Waals surface area contributed by atoms with Gasteiger partial charge in [-0.2, -0.15) is 0 Å². The molecule has 6 heteroatoms. The highest BCUT2D eigenvalue weighted by atomic mass is 19.1. The van der Waals surface area contributed by atoms with E-state index in [1.807, 2.05) is 32.1 Å². The summed E-state index contributed by atoms with van der Waals surface area (Å²) in [6, 6.07) is 14.0. The number of aliphatic imine (C=N–C) groups is 1. The molecule has 0 N–H and O–H groups in total. The summed E-state index contributed by atoms with van der Waals surface area (Å²) in [7, 11) is 0. The summed E-state index contributed by atoms with van der Waals surface area (Å²) in [6.07, 6.45) is 5.16. The van der Waals surface area contributed by atoms with Crippen molar-refractivity contribution in [3.63, 3.8) is 0 Å². The maximum absolute atomic E-state index is 13.8. The van der Waals surface area contributed by atoms with Crippen LogP contribution in [0.5, 0.6) is 5.75 Å². The van der Waals surface area contributed by atoms with Crippen LogP contribution in [-0.4, -0.2) is 41.4 Å². The van der Waals surface area contributed by atoms with Crippen LogP contribution < -0.4 is 9.64 Å². The molecule has 1 fully saturated rings. The van der Waals surface area contributed by atoms with E-state index < -0.39 is 5.54 Å². The van der Waals surface area contributed by atoms with Crippen molar-refractivity contribution in [2.24, 2.45) is 4.99 Å². The number of carbonyl (C=O) groups excluding carboxylic acids is 1. The summed E-state index contributed by atoms with van der Waals surface area (Å²) >= 11 is 0. The lowest BCUT2D eigenvalue weighted by atomic mass is 9.82. The third kappa shape index (κ3) is 4.39. The Bertz CT molecular complexity index is 1010. The maximum Gasteiger partial charge on any atom is 0.348 e. The topological polar surface area (TPSA) is 45.1 Å². The number of amides is 2. The van der Waals surface area contributed by atoms with Crippen molar-refractivity contribution >= 4 is 17.9 Å². The Hall–Kier alpha value is -2.99. The van der Waals surface area contributed by atoms with Crippen LogP contribution in [0.1, 0.15) is 32.3 Å². The molecule has 2 aliphatic rings. The number of piperidine rings is 1. The molecule has 0 bridgehead atoms. The van der Waals surface area contributed by atoms with Gasteiger partial charge in [0.05, 0.1) is 11.6 Å². The lowest BCUT2D eigenvalue weighted by Crippen LogP contribution is -2.58. The van der Waals surface area contributed by atoms with Crippen molar-refractivity contribution in [1.29, 1.82) is 0 Å². The summed E-state index contributed by atoms with van der Waals surface area (Å²) in [6.45, 7) is 9.59. The molecule has 31 heavy (non-hydrogen) atoms. The Morgan fingerprint density at radius 1 is 1.29 bits per heavy atom. The molecule has 1 spiro atoms. The molecule has 0 aliphatic carbocycles. The van der Waals surface area contributed by atoms with Crippen molar-refractivity contribution in [2.45, 2.75) is 50.9 Å². The molecule has 2 aromatic rings. The lowest BCUT2D eigenvalue weighted by molar-refractivity contribution is 0.142. The van der Waals surface area contributed by atoms with Crippen molar-refractivity contribution < 1.29 is 13.9 Å². The molecule has 2 aliphatic heterocycles. The predicted octanol–water partition coefficient (Wildman–Crippen LogP) is 5.21. The molecule has 0 aromatic heterocycles. The van der Waals surface area contributed by atoms with Gasteiger partial charge in [-0.05, 0) is 62.6 Å². The molecule has 0 saturated carbocycles. The molecule has 2 amide bonds. The molecular weight excluding hydrogens is 393 g/mol. The van der Waals surface area contributed by atoms with E-state index in [1.54, 1.807) is 23.2 Å². The summed E-state index contributed by atoms with van der Waals surface area (Å²) in [4.78, 5) is 20.7. The van der Waals surface area contributed by atoms with Crippen molar-refractivity contribution in [3.8, 4) is 5.75 Å². The summed E-state index contributed by atoms with van der Waals surface area (Å²) in [5.41, 5.74) is 1.14. The zero-order chi connectivity index (χ0) is 22.0. The van der Waals surface area contributed by atoms with Gasteiger partial charge in [-0.3, -0.25) is 9.80 Å². The fourth-order valence-electron chi connectivity index (χ4n) is 4.53. The van der Waals surface area contributed by atoms with E-state index >= 15 is 0 Å². The second kappa shape index (κ2) is 8.63.